The summed E-state index contributed by atoms with van der Waals surface area (Å²) in [6.07, 6.45) is 3.32. The average Bonchev–Trinajstić information content (AvgIpc) is 2.92. The van der Waals surface area contributed by atoms with E-state index in [2.05, 4.69) is 5.16 Å². The van der Waals surface area contributed by atoms with Crippen molar-refractivity contribution in [2.75, 3.05) is 0 Å². The predicted octanol–water partition coefficient (Wildman–Crippen LogP) is 4.85. The fraction of sp³-hybridized carbons (Fsp3) is 0.100. The standard InChI is InChI=1S/C20H17NO2/c1-14-19(15(2)23-21-14)12-13-20(22)18-10-8-17(9-11-18)16-6-4-3-5-7-16/h3-13H,1-2H3. The molecule has 0 spiro atoms. The van der Waals surface area contributed by atoms with Gasteiger partial charge in [-0.3, -0.25) is 4.79 Å². The topological polar surface area (TPSA) is 43.1 Å². The Kier molecular flexibility index (Phi) is 4.20. The van der Waals surface area contributed by atoms with Crippen LogP contribution in [0, 0.1) is 13.8 Å². The van der Waals surface area contributed by atoms with E-state index < -0.39 is 0 Å². The van der Waals surface area contributed by atoms with Gasteiger partial charge >= 0.3 is 0 Å². The number of aryl methyl sites for hydroxylation is 2. The third kappa shape index (κ3) is 3.29. The molecule has 0 atom stereocenters. The summed E-state index contributed by atoms with van der Waals surface area (Å²) in [6.45, 7) is 3.69. The summed E-state index contributed by atoms with van der Waals surface area (Å²) in [5.41, 5.74) is 4.53. The molecule has 23 heavy (non-hydrogen) atoms. The van der Waals surface area contributed by atoms with E-state index in [0.29, 0.717) is 11.3 Å². The van der Waals surface area contributed by atoms with E-state index in [1.54, 1.807) is 12.2 Å². The molecule has 0 radical (unpaired) electrons. The number of nitrogens with zero attached hydrogens (tertiary/aromatic N) is 1. The molecular weight excluding hydrogens is 286 g/mol. The molecule has 3 aromatic rings. The number of carbonyl (C=O) groups is 1. The monoisotopic (exact) mass is 303 g/mol. The van der Waals surface area contributed by atoms with Gasteiger partial charge in [-0.1, -0.05) is 59.8 Å². The van der Waals surface area contributed by atoms with Gasteiger partial charge in [0.1, 0.15) is 5.76 Å². The van der Waals surface area contributed by atoms with Crippen LogP contribution in [0.2, 0.25) is 0 Å². The maximum atomic E-state index is 12.3. The van der Waals surface area contributed by atoms with Crippen LogP contribution in [0.25, 0.3) is 17.2 Å². The fourth-order valence-electron chi connectivity index (χ4n) is 2.44. The van der Waals surface area contributed by atoms with Crippen LogP contribution < -0.4 is 0 Å². The second-order valence-electron chi connectivity index (χ2n) is 5.38. The van der Waals surface area contributed by atoms with Crippen molar-refractivity contribution in [3.63, 3.8) is 0 Å². The molecule has 0 aliphatic heterocycles. The molecule has 0 amide bonds. The van der Waals surface area contributed by atoms with Crippen molar-refractivity contribution in [1.82, 2.24) is 5.16 Å². The summed E-state index contributed by atoms with van der Waals surface area (Å²) < 4.78 is 5.09. The predicted molar refractivity (Wildman–Crippen MR) is 91.2 cm³/mol. The first-order valence-electron chi connectivity index (χ1n) is 7.46. The van der Waals surface area contributed by atoms with Gasteiger partial charge in [0, 0.05) is 11.1 Å². The lowest BCUT2D eigenvalue weighted by Gasteiger charge is -2.02. The lowest BCUT2D eigenvalue weighted by atomic mass is 10.0. The Bertz CT molecular complexity index is 824. The van der Waals surface area contributed by atoms with E-state index in [9.17, 15) is 4.79 Å². The van der Waals surface area contributed by atoms with Crippen molar-refractivity contribution in [2.45, 2.75) is 13.8 Å². The Labute approximate surface area is 135 Å². The van der Waals surface area contributed by atoms with Crippen LogP contribution in [-0.4, -0.2) is 10.9 Å². The van der Waals surface area contributed by atoms with Gasteiger partial charge in [0.2, 0.25) is 0 Å². The van der Waals surface area contributed by atoms with Gasteiger partial charge in [0.25, 0.3) is 0 Å². The minimum Gasteiger partial charge on any atom is -0.361 e. The molecular formula is C20H17NO2. The minimum absolute atomic E-state index is 0.0374. The molecule has 3 nitrogen and oxygen atoms in total. The summed E-state index contributed by atoms with van der Waals surface area (Å²) in [6, 6.07) is 17.7. The summed E-state index contributed by atoms with van der Waals surface area (Å²) in [7, 11) is 0. The molecule has 0 aliphatic carbocycles. The Morgan fingerprint density at radius 3 is 2.22 bits per heavy atom. The van der Waals surface area contributed by atoms with E-state index in [-0.39, 0.29) is 5.78 Å². The number of rotatable bonds is 4. The van der Waals surface area contributed by atoms with Gasteiger partial charge in [-0.15, -0.1) is 0 Å². The van der Waals surface area contributed by atoms with E-state index in [1.165, 1.54) is 0 Å². The van der Waals surface area contributed by atoms with Gasteiger partial charge < -0.3 is 4.52 Å². The smallest absolute Gasteiger partial charge is 0.185 e. The molecule has 0 bridgehead atoms. The van der Waals surface area contributed by atoms with E-state index in [1.807, 2.05) is 68.4 Å². The Morgan fingerprint density at radius 1 is 0.957 bits per heavy atom. The normalized spacial score (nSPS) is 11.0. The quantitative estimate of drug-likeness (QED) is 0.511. The molecule has 0 aliphatic rings. The molecule has 0 fully saturated rings. The van der Waals surface area contributed by atoms with E-state index in [0.717, 1.165) is 22.4 Å². The lowest BCUT2D eigenvalue weighted by molar-refractivity contribution is 0.104. The molecule has 1 aromatic heterocycles. The molecule has 3 rings (SSSR count). The van der Waals surface area contributed by atoms with Crippen LogP contribution in [0.4, 0.5) is 0 Å². The summed E-state index contributed by atoms with van der Waals surface area (Å²) in [5.74, 6) is 0.676. The van der Waals surface area contributed by atoms with Crippen LogP contribution in [0.15, 0.2) is 65.2 Å². The third-order valence-corrected chi connectivity index (χ3v) is 3.77. The maximum absolute atomic E-state index is 12.3. The maximum Gasteiger partial charge on any atom is 0.185 e. The zero-order valence-corrected chi connectivity index (χ0v) is 13.1. The molecule has 0 saturated carbocycles. The van der Waals surface area contributed by atoms with Crippen molar-refractivity contribution < 1.29 is 9.32 Å². The van der Waals surface area contributed by atoms with Gasteiger partial charge in [-0.2, -0.15) is 0 Å². The fourth-order valence-corrected chi connectivity index (χ4v) is 2.44. The average molecular weight is 303 g/mol. The number of ketones is 1. The van der Waals surface area contributed by atoms with Crippen molar-refractivity contribution >= 4 is 11.9 Å². The van der Waals surface area contributed by atoms with Gasteiger partial charge in [-0.25, -0.2) is 0 Å². The molecule has 0 saturated heterocycles. The van der Waals surface area contributed by atoms with Crippen LogP contribution in [0.1, 0.15) is 27.4 Å². The van der Waals surface area contributed by atoms with E-state index in [4.69, 9.17) is 4.52 Å². The zero-order chi connectivity index (χ0) is 16.2. The van der Waals surface area contributed by atoms with Gasteiger partial charge in [0.05, 0.1) is 5.69 Å². The van der Waals surface area contributed by atoms with Crippen molar-refractivity contribution in [3.05, 3.63) is 83.3 Å². The highest BCUT2D eigenvalue weighted by Crippen LogP contribution is 2.20. The molecule has 2 aromatic carbocycles. The van der Waals surface area contributed by atoms with E-state index >= 15 is 0 Å². The highest BCUT2D eigenvalue weighted by molar-refractivity contribution is 6.07. The molecule has 114 valence electrons. The Hall–Kier alpha value is -2.94. The first-order valence-corrected chi connectivity index (χ1v) is 7.46. The zero-order valence-electron chi connectivity index (χ0n) is 13.1. The lowest BCUT2D eigenvalue weighted by Crippen LogP contribution is -1.94. The first kappa shape index (κ1) is 15.0. The van der Waals surface area contributed by atoms with Crippen molar-refractivity contribution in [1.29, 1.82) is 0 Å². The molecule has 0 N–H and O–H groups in total. The summed E-state index contributed by atoms with van der Waals surface area (Å²) in [5, 5.41) is 3.87. The van der Waals surface area contributed by atoms with Crippen molar-refractivity contribution in [2.24, 2.45) is 0 Å². The first-order chi connectivity index (χ1) is 11.1. The molecule has 0 unspecified atom stereocenters. The SMILES string of the molecule is Cc1noc(C)c1C=CC(=O)c1ccc(-c2ccccc2)cc1. The second-order valence-corrected chi connectivity index (χ2v) is 5.38. The minimum atomic E-state index is -0.0374. The van der Waals surface area contributed by atoms with Crippen molar-refractivity contribution in [3.8, 4) is 11.1 Å². The number of benzene rings is 2. The second kappa shape index (κ2) is 6.44. The van der Waals surface area contributed by atoms with Crippen LogP contribution in [-0.2, 0) is 0 Å². The van der Waals surface area contributed by atoms with Crippen LogP contribution in [0.3, 0.4) is 0 Å². The van der Waals surface area contributed by atoms with Gasteiger partial charge in [-0.05, 0) is 37.1 Å². The molecule has 3 heteroatoms. The number of hydrogen-bond donors (Lipinski definition) is 0. The van der Waals surface area contributed by atoms with Crippen LogP contribution >= 0.6 is 0 Å². The number of aromatic nitrogens is 1. The Morgan fingerprint density at radius 2 is 1.61 bits per heavy atom. The molecule has 1 heterocycles. The van der Waals surface area contributed by atoms with Crippen LogP contribution in [0.5, 0.6) is 0 Å². The third-order valence-electron chi connectivity index (χ3n) is 3.77. The van der Waals surface area contributed by atoms with Gasteiger partial charge in [0.15, 0.2) is 5.78 Å². The largest absolute Gasteiger partial charge is 0.361 e. The summed E-state index contributed by atoms with van der Waals surface area (Å²) >= 11 is 0. The number of allylic oxidation sites excluding steroid dienone is 1. The summed E-state index contributed by atoms with van der Waals surface area (Å²) in [4.78, 5) is 12.3. The Balaban J connectivity index is 1.78. The number of carbonyl (C=O) groups excluding carboxylic acids is 1. The highest BCUT2D eigenvalue weighted by Gasteiger charge is 2.07. The highest BCUT2D eigenvalue weighted by atomic mass is 16.5. The number of hydrogen-bond acceptors (Lipinski definition) is 3.